The number of benzene rings is 14. The van der Waals surface area contributed by atoms with E-state index >= 15 is 0 Å². The zero-order valence-electron chi connectivity index (χ0n) is 46.8. The number of anilines is 6. The van der Waals surface area contributed by atoms with E-state index in [2.05, 4.69) is 36.4 Å². The molecule has 0 aromatic heterocycles. The Bertz CT molecular complexity index is 4560. The maximum atomic E-state index is 14.2. The molecule has 0 aliphatic rings. The molecule has 0 saturated heterocycles. The second-order valence-corrected chi connectivity index (χ2v) is 22.0. The van der Waals surface area contributed by atoms with Crippen molar-refractivity contribution in [1.82, 2.24) is 0 Å². The summed E-state index contributed by atoms with van der Waals surface area (Å²) in [6.45, 7) is 0. The molecule has 0 atom stereocenters. The molecule has 0 saturated carbocycles. The monoisotopic (exact) mass is 1210 g/mol. The Balaban J connectivity index is 1.08. The first-order valence-electron chi connectivity index (χ1n) is 28.4. The van der Waals surface area contributed by atoms with Gasteiger partial charge < -0.3 is 9.80 Å². The standard InChI is InChI=1S/C76H44F12N2/c77-73(78,79)50-25-33-54(34-26-50)89(55-35-27-51(28-36-55)74(80,81)82)71-64-21-9-5-17-60(64)69(61-18-6-10-22-65(61)71)48-42-47(68-58-15-3-1-13-45(58)41-46-14-2-4-16-59(46)68)43-49(44-48)70-62-19-7-11-23-66(62)72(67-24-12-8-20-63(67)70)90(56-37-29-52(30-38-56)75(83,84)85)57-39-31-53(32-40-57)76(86,87)88/h1-44H. The minimum Gasteiger partial charge on any atom is -0.309 e. The highest BCUT2D eigenvalue weighted by Gasteiger charge is 2.35. The second-order valence-electron chi connectivity index (χ2n) is 22.0. The molecule has 90 heavy (non-hydrogen) atoms. The lowest BCUT2D eigenvalue weighted by molar-refractivity contribution is -0.138. The Kier molecular flexibility index (Phi) is 13.7. The average Bonchev–Trinajstić information content (AvgIpc) is 0.749. The molecular weight excluding hydrogens is 1170 g/mol. The third kappa shape index (κ3) is 10.1. The van der Waals surface area contributed by atoms with E-state index in [1.807, 2.05) is 133 Å². The highest BCUT2D eigenvalue weighted by molar-refractivity contribution is 6.26. The lowest BCUT2D eigenvalue weighted by atomic mass is 9.83. The van der Waals surface area contributed by atoms with Crippen molar-refractivity contribution in [3.8, 4) is 33.4 Å². The van der Waals surface area contributed by atoms with Crippen LogP contribution in [0.25, 0.3) is 98.0 Å². The SMILES string of the molecule is FC(F)(F)c1ccc(N(c2ccc(C(F)(F)F)cc2)c2c3ccccc3c(-c3cc(-c4c5ccccc5cc5ccccc45)cc(-c4c5ccccc5c(N(c5ccc(C(F)(F)F)cc5)c5ccc(C(F)(F)F)cc5)c5ccccc45)c3)c3ccccc23)cc1. The normalized spacial score (nSPS) is 12.4. The van der Waals surface area contributed by atoms with Crippen LogP contribution in [0.15, 0.2) is 267 Å². The molecule has 0 aliphatic carbocycles. The van der Waals surface area contributed by atoms with Gasteiger partial charge in [0.1, 0.15) is 0 Å². The molecule has 442 valence electrons. The molecule has 0 amide bonds. The second kappa shape index (κ2) is 21.6. The van der Waals surface area contributed by atoms with E-state index in [4.69, 9.17) is 0 Å². The number of hydrogen-bond donors (Lipinski definition) is 0. The van der Waals surface area contributed by atoms with E-state index in [-0.39, 0.29) is 22.7 Å². The van der Waals surface area contributed by atoms with Gasteiger partial charge in [0, 0.05) is 44.3 Å². The van der Waals surface area contributed by atoms with E-state index in [0.29, 0.717) is 54.5 Å². The fourth-order valence-corrected chi connectivity index (χ4v) is 12.7. The fourth-order valence-electron chi connectivity index (χ4n) is 12.7. The lowest BCUT2D eigenvalue weighted by Crippen LogP contribution is -2.13. The van der Waals surface area contributed by atoms with Crippen LogP contribution in [0.1, 0.15) is 22.3 Å². The summed E-state index contributed by atoms with van der Waals surface area (Å²) in [5.74, 6) is 0. The van der Waals surface area contributed by atoms with E-state index in [1.165, 1.54) is 48.5 Å². The van der Waals surface area contributed by atoms with Crippen molar-refractivity contribution >= 4 is 98.8 Å². The molecule has 14 aromatic carbocycles. The topological polar surface area (TPSA) is 6.48 Å². The first-order chi connectivity index (χ1) is 43.2. The number of fused-ring (bicyclic) bond motifs is 6. The number of hydrogen-bond acceptors (Lipinski definition) is 2. The van der Waals surface area contributed by atoms with Gasteiger partial charge in [-0.25, -0.2) is 0 Å². The molecule has 0 aliphatic heterocycles. The van der Waals surface area contributed by atoms with Crippen LogP contribution in [-0.2, 0) is 24.7 Å². The number of nitrogens with zero attached hydrogens (tertiary/aromatic N) is 2. The van der Waals surface area contributed by atoms with Gasteiger partial charge in [-0.15, -0.1) is 0 Å². The van der Waals surface area contributed by atoms with Gasteiger partial charge in [-0.05, 0) is 198 Å². The first kappa shape index (κ1) is 57.2. The largest absolute Gasteiger partial charge is 0.416 e. The van der Waals surface area contributed by atoms with Gasteiger partial charge in [0.25, 0.3) is 0 Å². The number of rotatable bonds is 9. The predicted octanol–water partition coefficient (Wildman–Crippen LogP) is 24.6. The van der Waals surface area contributed by atoms with E-state index < -0.39 is 47.0 Å². The molecule has 0 N–H and O–H groups in total. The Hall–Kier alpha value is -10.6. The van der Waals surface area contributed by atoms with Crippen LogP contribution in [0, 0.1) is 0 Å². The molecule has 0 radical (unpaired) electrons. The lowest BCUT2D eigenvalue weighted by Gasteiger charge is -2.30. The summed E-state index contributed by atoms with van der Waals surface area (Å²) in [5, 5.41) is 9.04. The molecule has 0 heterocycles. The molecule has 0 spiro atoms. The van der Waals surface area contributed by atoms with Crippen LogP contribution in [-0.4, -0.2) is 0 Å². The minimum atomic E-state index is -4.68. The quantitative estimate of drug-likeness (QED) is 0.105. The van der Waals surface area contributed by atoms with Crippen LogP contribution < -0.4 is 9.80 Å². The Labute approximate surface area is 506 Å². The van der Waals surface area contributed by atoms with E-state index in [1.54, 1.807) is 9.80 Å². The smallest absolute Gasteiger partial charge is 0.309 e. The van der Waals surface area contributed by atoms with Gasteiger partial charge in [-0.1, -0.05) is 146 Å². The van der Waals surface area contributed by atoms with Crippen LogP contribution in [0.2, 0.25) is 0 Å². The molecule has 0 bridgehead atoms. The number of alkyl halides is 12. The maximum Gasteiger partial charge on any atom is 0.416 e. The third-order valence-electron chi connectivity index (χ3n) is 16.6. The van der Waals surface area contributed by atoms with Crippen molar-refractivity contribution in [2.75, 3.05) is 9.80 Å². The summed E-state index contributed by atoms with van der Waals surface area (Å²) in [6, 6.07) is 72.6. The molecule has 2 nitrogen and oxygen atoms in total. The first-order valence-corrected chi connectivity index (χ1v) is 28.4. The zero-order valence-corrected chi connectivity index (χ0v) is 46.8. The van der Waals surface area contributed by atoms with Gasteiger partial charge in [0.15, 0.2) is 0 Å². The third-order valence-corrected chi connectivity index (χ3v) is 16.6. The number of halogens is 12. The van der Waals surface area contributed by atoms with Crippen LogP contribution in [0.4, 0.5) is 86.8 Å². The Morgan fingerprint density at radius 2 is 0.400 bits per heavy atom. The van der Waals surface area contributed by atoms with Crippen molar-refractivity contribution < 1.29 is 52.7 Å². The highest BCUT2D eigenvalue weighted by Crippen LogP contribution is 2.54. The van der Waals surface area contributed by atoms with Crippen molar-refractivity contribution in [3.63, 3.8) is 0 Å². The minimum absolute atomic E-state index is 0.246. The zero-order chi connectivity index (χ0) is 62.4. The molecule has 0 fully saturated rings. The van der Waals surface area contributed by atoms with Crippen LogP contribution >= 0.6 is 0 Å². The van der Waals surface area contributed by atoms with Gasteiger partial charge in [0.2, 0.25) is 0 Å². The molecule has 14 heteroatoms. The van der Waals surface area contributed by atoms with Gasteiger partial charge >= 0.3 is 24.7 Å². The van der Waals surface area contributed by atoms with Crippen molar-refractivity contribution in [2.45, 2.75) is 24.7 Å². The molecule has 14 rings (SSSR count). The van der Waals surface area contributed by atoms with Crippen LogP contribution in [0.5, 0.6) is 0 Å². The Morgan fingerprint density at radius 3 is 0.633 bits per heavy atom. The summed E-state index contributed by atoms with van der Waals surface area (Å²) in [6.07, 6.45) is -18.7. The van der Waals surface area contributed by atoms with Gasteiger partial charge in [-0.3, -0.25) is 0 Å². The summed E-state index contributed by atoms with van der Waals surface area (Å²) >= 11 is 0. The average molecular weight is 1210 g/mol. The summed E-state index contributed by atoms with van der Waals surface area (Å²) in [4.78, 5) is 3.36. The van der Waals surface area contributed by atoms with Crippen molar-refractivity contribution in [1.29, 1.82) is 0 Å². The van der Waals surface area contributed by atoms with Crippen molar-refractivity contribution in [3.05, 3.63) is 289 Å². The summed E-state index contributed by atoms with van der Waals surface area (Å²) in [7, 11) is 0. The van der Waals surface area contributed by atoms with E-state index in [9.17, 15) is 52.7 Å². The summed E-state index contributed by atoms with van der Waals surface area (Å²) < 4.78 is 170. The summed E-state index contributed by atoms with van der Waals surface area (Å²) in [5.41, 5.74) is 2.96. The predicted molar refractivity (Wildman–Crippen MR) is 337 cm³/mol. The molecular formula is C76H44F12N2. The molecule has 14 aromatic rings. The maximum absolute atomic E-state index is 14.2. The van der Waals surface area contributed by atoms with Gasteiger partial charge in [-0.2, -0.15) is 52.7 Å². The van der Waals surface area contributed by atoms with E-state index in [0.717, 1.165) is 103 Å². The highest BCUT2D eigenvalue weighted by atomic mass is 19.4. The van der Waals surface area contributed by atoms with Gasteiger partial charge in [0.05, 0.1) is 33.6 Å². The molecule has 0 unspecified atom stereocenters. The Morgan fingerprint density at radius 1 is 0.200 bits per heavy atom. The fraction of sp³-hybridized carbons (Fsp3) is 0.0526. The van der Waals surface area contributed by atoms with Crippen LogP contribution in [0.3, 0.4) is 0 Å². The van der Waals surface area contributed by atoms with Crippen molar-refractivity contribution in [2.24, 2.45) is 0 Å².